The average molecular weight is 453 g/mol. The summed E-state index contributed by atoms with van der Waals surface area (Å²) in [6.45, 7) is 5.77. The highest BCUT2D eigenvalue weighted by Gasteiger charge is 2.22. The predicted molar refractivity (Wildman–Crippen MR) is 120 cm³/mol. The van der Waals surface area contributed by atoms with Crippen LogP contribution in [0.2, 0.25) is 0 Å². The molecule has 0 unspecified atom stereocenters. The zero-order chi connectivity index (χ0) is 23.2. The minimum atomic E-state index is -0.284. The predicted octanol–water partition coefficient (Wildman–Crippen LogP) is 2.18. The Morgan fingerprint density at radius 3 is 2.79 bits per heavy atom. The van der Waals surface area contributed by atoms with Crippen LogP contribution >= 0.6 is 0 Å². The van der Waals surface area contributed by atoms with E-state index in [9.17, 15) is 4.79 Å². The van der Waals surface area contributed by atoms with Crippen LogP contribution in [0.3, 0.4) is 0 Å². The van der Waals surface area contributed by atoms with Crippen molar-refractivity contribution < 1.29 is 19.0 Å². The Kier molecular flexibility index (Phi) is 7.26. The summed E-state index contributed by atoms with van der Waals surface area (Å²) in [6.07, 6.45) is 0.954. The molecule has 0 radical (unpaired) electrons. The van der Waals surface area contributed by atoms with Crippen molar-refractivity contribution in [2.75, 3.05) is 20.3 Å². The number of amides is 1. The van der Waals surface area contributed by atoms with E-state index in [1.807, 2.05) is 37.3 Å². The summed E-state index contributed by atoms with van der Waals surface area (Å²) < 4.78 is 16.8. The van der Waals surface area contributed by atoms with Crippen LogP contribution in [0.4, 0.5) is 0 Å². The lowest BCUT2D eigenvalue weighted by molar-refractivity contribution is -0.139. The number of carbonyl (C=O) groups is 1. The van der Waals surface area contributed by atoms with Crippen molar-refractivity contribution >= 4 is 5.91 Å². The summed E-state index contributed by atoms with van der Waals surface area (Å²) in [6, 6.07) is 11.0. The molecule has 174 valence electrons. The minimum absolute atomic E-state index is 0.119. The van der Waals surface area contributed by atoms with Gasteiger partial charge in [-0.1, -0.05) is 19.1 Å². The van der Waals surface area contributed by atoms with Crippen molar-refractivity contribution in [2.45, 2.75) is 45.6 Å². The first-order chi connectivity index (χ1) is 16.0. The number of hydrogen-bond donors (Lipinski definition) is 1. The molecule has 10 heteroatoms. The fraction of sp³-hybridized carbons (Fsp3) is 0.435. The number of tetrazole rings is 1. The van der Waals surface area contributed by atoms with Gasteiger partial charge in [0.05, 0.1) is 33.0 Å². The van der Waals surface area contributed by atoms with Crippen LogP contribution < -0.4 is 10.1 Å². The molecule has 1 saturated heterocycles. The van der Waals surface area contributed by atoms with Gasteiger partial charge in [-0.25, -0.2) is 4.98 Å². The maximum atomic E-state index is 12.7. The second-order valence-electron chi connectivity index (χ2n) is 7.90. The molecule has 1 amide bonds. The minimum Gasteiger partial charge on any atom is -0.497 e. The van der Waals surface area contributed by atoms with Crippen molar-refractivity contribution in [3.63, 3.8) is 0 Å². The first-order valence-electron chi connectivity index (χ1n) is 10.9. The molecule has 0 spiro atoms. The van der Waals surface area contributed by atoms with E-state index in [4.69, 9.17) is 14.2 Å². The lowest BCUT2D eigenvalue weighted by atomic mass is 10.1. The van der Waals surface area contributed by atoms with Gasteiger partial charge >= 0.3 is 0 Å². The van der Waals surface area contributed by atoms with Crippen molar-refractivity contribution in [2.24, 2.45) is 0 Å². The van der Waals surface area contributed by atoms with Gasteiger partial charge in [-0.05, 0) is 48.4 Å². The van der Waals surface area contributed by atoms with Gasteiger partial charge in [-0.3, -0.25) is 4.79 Å². The first kappa shape index (κ1) is 22.8. The standard InChI is InChI=1S/C23H28N6O4/c1-4-18-13-33-20(14-32-18)12-29-27-22(26-28-29)17-8-15(2)25-21(10-17)23(30)24-11-16-6-5-7-19(9-16)31-3/h5-10,18,20H,4,11-14H2,1-3H3,(H,24,30)/t18-,20+/m0/s1. The number of carbonyl (C=O) groups excluding carboxylic acids is 1. The van der Waals surface area contributed by atoms with Gasteiger partial charge in [0, 0.05) is 17.8 Å². The summed E-state index contributed by atoms with van der Waals surface area (Å²) >= 11 is 0. The Bertz CT molecular complexity index is 1090. The van der Waals surface area contributed by atoms with E-state index in [0.717, 1.165) is 17.7 Å². The second kappa shape index (κ2) is 10.5. The van der Waals surface area contributed by atoms with Crippen LogP contribution in [0.1, 0.15) is 35.1 Å². The van der Waals surface area contributed by atoms with E-state index in [1.165, 1.54) is 4.80 Å². The number of methoxy groups -OCH3 is 1. The molecule has 10 nitrogen and oxygen atoms in total. The van der Waals surface area contributed by atoms with Crippen LogP contribution in [0, 0.1) is 6.92 Å². The topological polar surface area (TPSA) is 113 Å². The molecule has 2 atom stereocenters. The van der Waals surface area contributed by atoms with Crippen LogP contribution in [-0.2, 0) is 22.6 Å². The van der Waals surface area contributed by atoms with Crippen LogP contribution in [-0.4, -0.2) is 63.6 Å². The van der Waals surface area contributed by atoms with Crippen molar-refractivity contribution in [3.05, 3.63) is 53.3 Å². The molecule has 1 aliphatic heterocycles. The normalized spacial score (nSPS) is 18.2. The summed E-state index contributed by atoms with van der Waals surface area (Å²) in [5.74, 6) is 0.876. The van der Waals surface area contributed by atoms with E-state index in [2.05, 4.69) is 32.6 Å². The van der Waals surface area contributed by atoms with Gasteiger partial charge in [-0.2, -0.15) is 4.80 Å². The zero-order valence-corrected chi connectivity index (χ0v) is 19.0. The number of nitrogens with zero attached hydrogens (tertiary/aromatic N) is 5. The van der Waals surface area contributed by atoms with Gasteiger partial charge in [0.25, 0.3) is 5.91 Å². The SMILES string of the molecule is CC[C@H]1CO[C@H](Cn2nnc(-c3cc(C)nc(C(=O)NCc4cccc(OC)c4)c3)n2)CO1. The number of aromatic nitrogens is 5. The molecule has 33 heavy (non-hydrogen) atoms. The highest BCUT2D eigenvalue weighted by molar-refractivity contribution is 5.93. The van der Waals surface area contributed by atoms with E-state index in [0.29, 0.717) is 49.1 Å². The number of benzene rings is 1. The largest absolute Gasteiger partial charge is 0.497 e. The Morgan fingerprint density at radius 1 is 1.21 bits per heavy atom. The molecule has 0 saturated carbocycles. The molecular weight excluding hydrogens is 424 g/mol. The molecule has 3 aromatic rings. The fourth-order valence-electron chi connectivity index (χ4n) is 3.51. The summed E-state index contributed by atoms with van der Waals surface area (Å²) in [5, 5.41) is 15.6. The molecule has 1 aliphatic rings. The van der Waals surface area contributed by atoms with Gasteiger partial charge in [-0.15, -0.1) is 10.2 Å². The third-order valence-corrected chi connectivity index (χ3v) is 5.34. The number of nitrogens with one attached hydrogen (secondary N) is 1. The van der Waals surface area contributed by atoms with Crippen LogP contribution in [0.25, 0.3) is 11.4 Å². The quantitative estimate of drug-likeness (QED) is 0.553. The monoisotopic (exact) mass is 452 g/mol. The Labute approximate surface area is 192 Å². The van der Waals surface area contributed by atoms with E-state index in [1.54, 1.807) is 13.2 Å². The Balaban J connectivity index is 1.41. The van der Waals surface area contributed by atoms with Gasteiger partial charge < -0.3 is 19.5 Å². The number of aryl methyl sites for hydroxylation is 1. The molecule has 2 aromatic heterocycles. The number of pyridine rings is 1. The van der Waals surface area contributed by atoms with Crippen LogP contribution in [0.15, 0.2) is 36.4 Å². The Morgan fingerprint density at radius 2 is 2.03 bits per heavy atom. The van der Waals surface area contributed by atoms with Crippen molar-refractivity contribution in [3.8, 4) is 17.1 Å². The molecule has 0 bridgehead atoms. The molecular formula is C23H28N6O4. The lowest BCUT2D eigenvalue weighted by Crippen LogP contribution is -2.38. The molecule has 1 aromatic carbocycles. The first-order valence-corrected chi connectivity index (χ1v) is 10.9. The average Bonchev–Trinajstić information content (AvgIpc) is 3.31. The highest BCUT2D eigenvalue weighted by atomic mass is 16.6. The van der Waals surface area contributed by atoms with Gasteiger partial charge in [0.2, 0.25) is 5.82 Å². The lowest BCUT2D eigenvalue weighted by Gasteiger charge is -2.28. The molecule has 4 rings (SSSR count). The van der Waals surface area contributed by atoms with E-state index in [-0.39, 0.29) is 18.1 Å². The summed E-state index contributed by atoms with van der Waals surface area (Å²) in [4.78, 5) is 18.6. The van der Waals surface area contributed by atoms with Crippen molar-refractivity contribution in [1.82, 2.24) is 30.5 Å². The zero-order valence-electron chi connectivity index (χ0n) is 19.0. The third-order valence-electron chi connectivity index (χ3n) is 5.34. The highest BCUT2D eigenvalue weighted by Crippen LogP contribution is 2.18. The van der Waals surface area contributed by atoms with Crippen molar-refractivity contribution in [1.29, 1.82) is 0 Å². The molecule has 1 N–H and O–H groups in total. The number of hydrogen-bond acceptors (Lipinski definition) is 8. The second-order valence-corrected chi connectivity index (χ2v) is 7.90. The van der Waals surface area contributed by atoms with E-state index < -0.39 is 0 Å². The maximum Gasteiger partial charge on any atom is 0.270 e. The smallest absolute Gasteiger partial charge is 0.270 e. The Hall–Kier alpha value is -3.37. The molecule has 1 fully saturated rings. The van der Waals surface area contributed by atoms with Gasteiger partial charge in [0.15, 0.2) is 0 Å². The molecule has 3 heterocycles. The fourth-order valence-corrected chi connectivity index (χ4v) is 3.51. The van der Waals surface area contributed by atoms with Crippen LogP contribution in [0.5, 0.6) is 5.75 Å². The van der Waals surface area contributed by atoms with Gasteiger partial charge in [0.1, 0.15) is 17.5 Å². The van der Waals surface area contributed by atoms with E-state index >= 15 is 0 Å². The number of rotatable bonds is 8. The maximum absolute atomic E-state index is 12.7. The third kappa shape index (κ3) is 5.91. The number of ether oxygens (including phenoxy) is 3. The summed E-state index contributed by atoms with van der Waals surface area (Å²) in [5.41, 5.74) is 2.58. The summed E-state index contributed by atoms with van der Waals surface area (Å²) in [7, 11) is 1.61. The molecule has 0 aliphatic carbocycles.